The zero-order chi connectivity index (χ0) is 19.0. The van der Waals surface area contributed by atoms with E-state index in [-0.39, 0.29) is 12.5 Å². The first-order valence-electron chi connectivity index (χ1n) is 7.86. The van der Waals surface area contributed by atoms with Gasteiger partial charge in [-0.2, -0.15) is 5.10 Å². The van der Waals surface area contributed by atoms with Crippen molar-refractivity contribution in [2.45, 2.75) is 0 Å². The van der Waals surface area contributed by atoms with Crippen LogP contribution in [0.4, 0.5) is 19.5 Å². The third-order valence-corrected chi connectivity index (χ3v) is 5.84. The predicted octanol–water partition coefficient (Wildman–Crippen LogP) is 4.05. The number of aromatic amines is 1. The molecule has 1 aromatic carbocycles. The molecule has 10 heteroatoms. The summed E-state index contributed by atoms with van der Waals surface area (Å²) in [5.74, 6) is -1.60. The Balaban J connectivity index is 1.54. The molecule has 1 aliphatic rings. The molecule has 0 bridgehead atoms. The maximum atomic E-state index is 13.6. The van der Waals surface area contributed by atoms with Gasteiger partial charge in [0.15, 0.2) is 17.5 Å². The summed E-state index contributed by atoms with van der Waals surface area (Å²) >= 11 is 4.78. The van der Waals surface area contributed by atoms with E-state index in [1.54, 1.807) is 17.1 Å². The summed E-state index contributed by atoms with van der Waals surface area (Å²) in [4.78, 5) is 18.4. The molecular formula is C17H12BrF2N5OS. The molecule has 0 saturated carbocycles. The predicted molar refractivity (Wildman–Crippen MR) is 104 cm³/mol. The summed E-state index contributed by atoms with van der Waals surface area (Å²) in [5.41, 5.74) is 1.72. The number of nitrogens with zero attached hydrogens (tertiary/aromatic N) is 3. The first kappa shape index (κ1) is 17.8. The number of fused-ring (bicyclic) bond motifs is 1. The van der Waals surface area contributed by atoms with Crippen LogP contribution in [0.15, 0.2) is 34.4 Å². The first-order chi connectivity index (χ1) is 13.0. The van der Waals surface area contributed by atoms with E-state index >= 15 is 0 Å². The molecule has 3 heterocycles. The average Bonchev–Trinajstić information content (AvgIpc) is 3.26. The number of carbonyl (C=O) groups is 1. The summed E-state index contributed by atoms with van der Waals surface area (Å²) < 4.78 is 27.9. The van der Waals surface area contributed by atoms with Crippen LogP contribution >= 0.6 is 27.3 Å². The SMILES string of the molecule is O=C(CN1CC=Cc2cc(F)c(F)cc21)Nc1scc(Br)c1-c1ncn[nH]1. The van der Waals surface area contributed by atoms with Crippen molar-refractivity contribution in [2.24, 2.45) is 0 Å². The number of carbonyl (C=O) groups excluding carboxylic acids is 1. The Kier molecular flexibility index (Phi) is 4.75. The Morgan fingerprint density at radius 3 is 2.96 bits per heavy atom. The molecule has 0 atom stereocenters. The number of amides is 1. The van der Waals surface area contributed by atoms with Gasteiger partial charge in [-0.05, 0) is 22.0 Å². The van der Waals surface area contributed by atoms with Gasteiger partial charge in [-0.15, -0.1) is 11.3 Å². The highest BCUT2D eigenvalue weighted by molar-refractivity contribution is 9.10. The van der Waals surface area contributed by atoms with Gasteiger partial charge in [0, 0.05) is 33.7 Å². The van der Waals surface area contributed by atoms with Crippen molar-refractivity contribution in [2.75, 3.05) is 23.3 Å². The Labute approximate surface area is 165 Å². The van der Waals surface area contributed by atoms with Crippen molar-refractivity contribution in [1.82, 2.24) is 15.2 Å². The molecule has 4 rings (SSSR count). The molecule has 0 fully saturated rings. The van der Waals surface area contributed by atoms with E-state index in [9.17, 15) is 13.6 Å². The molecule has 1 aliphatic heterocycles. The van der Waals surface area contributed by atoms with Crippen molar-refractivity contribution in [1.29, 1.82) is 0 Å². The van der Waals surface area contributed by atoms with E-state index in [4.69, 9.17) is 0 Å². The zero-order valence-electron chi connectivity index (χ0n) is 13.7. The second kappa shape index (κ2) is 7.20. The monoisotopic (exact) mass is 451 g/mol. The Bertz CT molecular complexity index is 1030. The fourth-order valence-electron chi connectivity index (χ4n) is 2.83. The van der Waals surface area contributed by atoms with Gasteiger partial charge in [-0.1, -0.05) is 12.2 Å². The largest absolute Gasteiger partial charge is 0.358 e. The number of halogens is 3. The van der Waals surface area contributed by atoms with Gasteiger partial charge in [0.2, 0.25) is 5.91 Å². The van der Waals surface area contributed by atoms with Crippen molar-refractivity contribution >= 4 is 49.9 Å². The van der Waals surface area contributed by atoms with Gasteiger partial charge in [-0.25, -0.2) is 13.8 Å². The lowest BCUT2D eigenvalue weighted by atomic mass is 10.1. The van der Waals surface area contributed by atoms with Crippen LogP contribution in [-0.4, -0.2) is 34.2 Å². The minimum absolute atomic E-state index is 0.00617. The highest BCUT2D eigenvalue weighted by atomic mass is 79.9. The number of benzene rings is 1. The second-order valence-electron chi connectivity index (χ2n) is 5.78. The molecule has 6 nitrogen and oxygen atoms in total. The van der Waals surface area contributed by atoms with Crippen LogP contribution in [-0.2, 0) is 4.79 Å². The fraction of sp³-hybridized carbons (Fsp3) is 0.118. The Morgan fingerprint density at radius 1 is 1.37 bits per heavy atom. The molecule has 2 aromatic heterocycles. The molecule has 27 heavy (non-hydrogen) atoms. The number of hydrogen-bond donors (Lipinski definition) is 2. The molecule has 0 unspecified atom stereocenters. The van der Waals surface area contributed by atoms with E-state index < -0.39 is 11.6 Å². The summed E-state index contributed by atoms with van der Waals surface area (Å²) in [5, 5.41) is 11.9. The number of aromatic nitrogens is 3. The minimum Gasteiger partial charge on any atom is -0.358 e. The number of nitrogens with one attached hydrogen (secondary N) is 2. The molecule has 0 aliphatic carbocycles. The summed E-state index contributed by atoms with van der Waals surface area (Å²) in [6, 6.07) is 2.24. The molecule has 3 aromatic rings. The normalized spacial score (nSPS) is 12.9. The molecular weight excluding hydrogens is 440 g/mol. The van der Waals surface area contributed by atoms with Crippen molar-refractivity contribution in [3.05, 3.63) is 51.6 Å². The van der Waals surface area contributed by atoms with E-state index in [0.29, 0.717) is 34.2 Å². The van der Waals surface area contributed by atoms with Crippen molar-refractivity contribution in [3.8, 4) is 11.4 Å². The maximum Gasteiger partial charge on any atom is 0.244 e. The molecule has 0 radical (unpaired) electrons. The topological polar surface area (TPSA) is 73.9 Å². The molecule has 1 amide bonds. The maximum absolute atomic E-state index is 13.6. The van der Waals surface area contributed by atoms with Gasteiger partial charge >= 0.3 is 0 Å². The number of thiophene rings is 1. The Morgan fingerprint density at radius 2 is 2.19 bits per heavy atom. The standard InChI is InChI=1S/C17H12BrF2N5OS/c18-10-7-27-17(15(10)16-21-8-22-24-16)23-14(26)6-25-3-1-2-9-4-11(19)12(20)5-13(9)25/h1-2,4-5,7-8H,3,6H2,(H,23,26)(H,21,22,24). The molecule has 0 spiro atoms. The van der Waals surface area contributed by atoms with Crippen LogP contribution in [0.5, 0.6) is 0 Å². The summed E-state index contributed by atoms with van der Waals surface area (Å²) in [7, 11) is 0. The van der Waals surface area contributed by atoms with Gasteiger partial charge in [-0.3, -0.25) is 9.89 Å². The quantitative estimate of drug-likeness (QED) is 0.627. The van der Waals surface area contributed by atoms with E-state index in [0.717, 1.165) is 16.6 Å². The van der Waals surface area contributed by atoms with Crippen LogP contribution in [0, 0.1) is 11.6 Å². The average molecular weight is 452 g/mol. The van der Waals surface area contributed by atoms with Gasteiger partial charge < -0.3 is 10.2 Å². The van der Waals surface area contributed by atoms with Crippen molar-refractivity contribution in [3.63, 3.8) is 0 Å². The van der Waals surface area contributed by atoms with Gasteiger partial charge in [0.1, 0.15) is 11.3 Å². The third-order valence-electron chi connectivity index (χ3n) is 4.02. The highest BCUT2D eigenvalue weighted by Gasteiger charge is 2.21. The number of H-pyrrole nitrogens is 1. The summed E-state index contributed by atoms with van der Waals surface area (Å²) in [6.45, 7) is 0.419. The van der Waals surface area contributed by atoms with Gasteiger partial charge in [0.25, 0.3) is 0 Å². The fourth-order valence-corrected chi connectivity index (χ4v) is 4.46. The zero-order valence-corrected chi connectivity index (χ0v) is 16.1. The highest BCUT2D eigenvalue weighted by Crippen LogP contribution is 2.38. The second-order valence-corrected chi connectivity index (χ2v) is 7.51. The molecule has 0 saturated heterocycles. The van der Waals surface area contributed by atoms with Crippen LogP contribution in [0.1, 0.15) is 5.56 Å². The van der Waals surface area contributed by atoms with E-state index in [1.807, 2.05) is 5.38 Å². The minimum atomic E-state index is -0.941. The van der Waals surface area contributed by atoms with E-state index in [1.165, 1.54) is 17.7 Å². The lowest BCUT2D eigenvalue weighted by molar-refractivity contribution is -0.114. The number of hydrogen-bond acceptors (Lipinski definition) is 5. The molecule has 138 valence electrons. The first-order valence-corrected chi connectivity index (χ1v) is 9.53. The number of anilines is 2. The summed E-state index contributed by atoms with van der Waals surface area (Å²) in [6.07, 6.45) is 4.90. The number of rotatable bonds is 4. The molecule has 2 N–H and O–H groups in total. The van der Waals surface area contributed by atoms with Gasteiger partial charge in [0.05, 0.1) is 12.1 Å². The lowest BCUT2D eigenvalue weighted by Gasteiger charge is -2.27. The van der Waals surface area contributed by atoms with E-state index in [2.05, 4.69) is 36.4 Å². The van der Waals surface area contributed by atoms with Crippen LogP contribution in [0.2, 0.25) is 0 Å². The van der Waals surface area contributed by atoms with Crippen LogP contribution < -0.4 is 10.2 Å². The van der Waals surface area contributed by atoms with Crippen LogP contribution in [0.25, 0.3) is 17.5 Å². The van der Waals surface area contributed by atoms with Crippen LogP contribution in [0.3, 0.4) is 0 Å². The third kappa shape index (κ3) is 3.50. The smallest absolute Gasteiger partial charge is 0.244 e. The lowest BCUT2D eigenvalue weighted by Crippen LogP contribution is -2.35. The Hall–Kier alpha value is -2.59. The van der Waals surface area contributed by atoms with Crippen molar-refractivity contribution < 1.29 is 13.6 Å².